The van der Waals surface area contributed by atoms with E-state index >= 15 is 0 Å². The Morgan fingerprint density at radius 1 is 0.909 bits per heavy atom. The van der Waals surface area contributed by atoms with Crippen molar-refractivity contribution in [2.45, 2.75) is 6.18 Å². The molecule has 33 heavy (non-hydrogen) atoms. The summed E-state index contributed by atoms with van der Waals surface area (Å²) < 4.78 is 39.8. The van der Waals surface area contributed by atoms with Crippen LogP contribution in [-0.2, 0) is 6.18 Å². The molecule has 0 saturated carbocycles. The van der Waals surface area contributed by atoms with Crippen molar-refractivity contribution in [3.63, 3.8) is 0 Å². The first-order valence-corrected chi connectivity index (χ1v) is 10.3. The summed E-state index contributed by atoms with van der Waals surface area (Å²) in [6.45, 7) is 1.51. The Kier molecular flexibility index (Phi) is 6.22. The Morgan fingerprint density at radius 3 is 2.30 bits per heavy atom. The minimum Gasteiger partial charge on any atom is -0.508 e. The fraction of sp³-hybridized carbons (Fsp3) is 0.200. The summed E-state index contributed by atoms with van der Waals surface area (Å²) in [6.07, 6.45) is -2.94. The van der Waals surface area contributed by atoms with E-state index in [1.165, 1.54) is 23.1 Å². The molecule has 1 N–H and O–H groups in total. The van der Waals surface area contributed by atoms with E-state index in [2.05, 4.69) is 16.8 Å². The second kappa shape index (κ2) is 9.25. The standard InChI is InChI=1S/C25H20F3N3O2/c26-25(27,28)22-7-2-1-6-21(22)24(33)31-14-12-30(13-15-31)23-11-10-19(17-29-23)9-8-18-4-3-5-20(32)16-18/h1-7,10-11,16-17,32H,12-15H2. The molecule has 0 bridgehead atoms. The number of carbonyl (C=O) groups is 1. The van der Waals surface area contributed by atoms with Gasteiger partial charge in [0.2, 0.25) is 0 Å². The maximum Gasteiger partial charge on any atom is 0.417 e. The van der Waals surface area contributed by atoms with Gasteiger partial charge in [0.25, 0.3) is 5.91 Å². The normalized spacial score (nSPS) is 13.9. The lowest BCUT2D eigenvalue weighted by Gasteiger charge is -2.35. The number of aromatic nitrogens is 1. The van der Waals surface area contributed by atoms with Crippen LogP contribution in [0.5, 0.6) is 5.75 Å². The van der Waals surface area contributed by atoms with Crippen LogP contribution in [-0.4, -0.2) is 47.1 Å². The minimum atomic E-state index is -4.58. The average molecular weight is 451 g/mol. The van der Waals surface area contributed by atoms with Crippen molar-refractivity contribution in [3.05, 3.63) is 89.1 Å². The van der Waals surface area contributed by atoms with E-state index in [0.29, 0.717) is 43.1 Å². The van der Waals surface area contributed by atoms with Crippen molar-refractivity contribution in [1.29, 1.82) is 0 Å². The first-order chi connectivity index (χ1) is 15.8. The van der Waals surface area contributed by atoms with E-state index < -0.39 is 17.6 Å². The minimum absolute atomic E-state index is 0.148. The van der Waals surface area contributed by atoms with Crippen LogP contribution < -0.4 is 4.90 Å². The third-order valence-corrected chi connectivity index (χ3v) is 5.30. The van der Waals surface area contributed by atoms with Crippen molar-refractivity contribution in [1.82, 2.24) is 9.88 Å². The van der Waals surface area contributed by atoms with Crippen molar-refractivity contribution < 1.29 is 23.1 Å². The van der Waals surface area contributed by atoms with Gasteiger partial charge in [-0.25, -0.2) is 4.98 Å². The predicted molar refractivity (Wildman–Crippen MR) is 118 cm³/mol. The van der Waals surface area contributed by atoms with E-state index in [1.54, 1.807) is 30.5 Å². The van der Waals surface area contributed by atoms with Crippen LogP contribution in [0.4, 0.5) is 19.0 Å². The maximum absolute atomic E-state index is 13.3. The Balaban J connectivity index is 1.39. The Labute approximate surface area is 189 Å². The zero-order chi connectivity index (χ0) is 23.4. The topological polar surface area (TPSA) is 56.7 Å². The first kappa shape index (κ1) is 22.2. The van der Waals surface area contributed by atoms with Crippen LogP contribution in [0.3, 0.4) is 0 Å². The Morgan fingerprint density at radius 2 is 1.64 bits per heavy atom. The highest BCUT2D eigenvalue weighted by Gasteiger charge is 2.36. The van der Waals surface area contributed by atoms with E-state index in [-0.39, 0.29) is 11.3 Å². The highest BCUT2D eigenvalue weighted by atomic mass is 19.4. The largest absolute Gasteiger partial charge is 0.508 e. The van der Waals surface area contributed by atoms with E-state index in [0.717, 1.165) is 6.07 Å². The van der Waals surface area contributed by atoms with E-state index in [1.807, 2.05) is 17.0 Å². The number of piperazine rings is 1. The highest BCUT2D eigenvalue weighted by Crippen LogP contribution is 2.32. The molecule has 0 aliphatic carbocycles. The van der Waals surface area contributed by atoms with Crippen LogP contribution in [0.2, 0.25) is 0 Å². The molecule has 3 aromatic rings. The van der Waals surface area contributed by atoms with Gasteiger partial charge in [0, 0.05) is 43.5 Å². The number of carbonyl (C=O) groups excluding carboxylic acids is 1. The molecule has 0 unspecified atom stereocenters. The summed E-state index contributed by atoms with van der Waals surface area (Å²) in [5.74, 6) is 6.19. The zero-order valence-corrected chi connectivity index (χ0v) is 17.5. The summed E-state index contributed by atoms with van der Waals surface area (Å²) in [5, 5.41) is 9.50. The Hall–Kier alpha value is -3.99. The lowest BCUT2D eigenvalue weighted by molar-refractivity contribution is -0.138. The number of anilines is 1. The number of hydrogen-bond donors (Lipinski definition) is 1. The average Bonchev–Trinajstić information content (AvgIpc) is 2.82. The summed E-state index contributed by atoms with van der Waals surface area (Å²) in [7, 11) is 0. The number of phenols is 1. The maximum atomic E-state index is 13.3. The van der Waals surface area contributed by atoms with Gasteiger partial charge in [-0.05, 0) is 42.5 Å². The summed E-state index contributed by atoms with van der Waals surface area (Å²) in [5.41, 5.74) is 0.152. The molecule has 0 radical (unpaired) electrons. The highest BCUT2D eigenvalue weighted by molar-refractivity contribution is 5.96. The molecule has 5 nitrogen and oxygen atoms in total. The van der Waals surface area contributed by atoms with Gasteiger partial charge in [0.15, 0.2) is 0 Å². The number of halogens is 3. The van der Waals surface area contributed by atoms with Gasteiger partial charge < -0.3 is 14.9 Å². The first-order valence-electron chi connectivity index (χ1n) is 10.3. The fourth-order valence-corrected chi connectivity index (χ4v) is 3.60. The number of rotatable bonds is 2. The van der Waals surface area contributed by atoms with Crippen molar-refractivity contribution in [3.8, 4) is 17.6 Å². The van der Waals surface area contributed by atoms with Crippen LogP contribution in [0.1, 0.15) is 27.0 Å². The van der Waals surface area contributed by atoms with Crippen molar-refractivity contribution in [2.24, 2.45) is 0 Å². The lowest BCUT2D eigenvalue weighted by Crippen LogP contribution is -2.49. The molecule has 0 spiro atoms. The van der Waals surface area contributed by atoms with Crippen LogP contribution in [0, 0.1) is 11.8 Å². The number of pyridine rings is 1. The van der Waals surface area contributed by atoms with Gasteiger partial charge in [-0.3, -0.25) is 4.79 Å². The Bertz CT molecular complexity index is 1210. The molecule has 0 atom stereocenters. The quantitative estimate of drug-likeness (QED) is 0.595. The van der Waals surface area contributed by atoms with Gasteiger partial charge >= 0.3 is 6.18 Å². The van der Waals surface area contributed by atoms with E-state index in [9.17, 15) is 23.1 Å². The number of alkyl halides is 3. The van der Waals surface area contributed by atoms with E-state index in [4.69, 9.17) is 0 Å². The smallest absolute Gasteiger partial charge is 0.417 e. The summed E-state index contributed by atoms with van der Waals surface area (Å²) >= 11 is 0. The summed E-state index contributed by atoms with van der Waals surface area (Å²) in [6, 6.07) is 15.2. The number of amides is 1. The molecule has 8 heteroatoms. The van der Waals surface area contributed by atoms with Gasteiger partial charge in [-0.1, -0.05) is 30.0 Å². The van der Waals surface area contributed by atoms with Crippen LogP contribution in [0.15, 0.2) is 66.9 Å². The second-order valence-electron chi connectivity index (χ2n) is 7.53. The molecule has 1 amide bonds. The molecule has 2 aromatic carbocycles. The SMILES string of the molecule is O=C(c1ccccc1C(F)(F)F)N1CCN(c2ccc(C#Cc3cccc(O)c3)cn2)CC1. The molecule has 2 heterocycles. The number of phenolic OH excluding ortho intramolecular Hbond substituents is 1. The van der Waals surface area contributed by atoms with Gasteiger partial charge in [-0.2, -0.15) is 13.2 Å². The third-order valence-electron chi connectivity index (χ3n) is 5.30. The van der Waals surface area contributed by atoms with Gasteiger partial charge in [0.1, 0.15) is 11.6 Å². The third kappa shape index (κ3) is 5.26. The molecule has 1 aromatic heterocycles. The molecule has 168 valence electrons. The second-order valence-corrected chi connectivity index (χ2v) is 7.53. The monoisotopic (exact) mass is 451 g/mol. The molecule has 1 saturated heterocycles. The molecule has 1 aliphatic rings. The predicted octanol–water partition coefficient (Wildman–Crippen LogP) is 4.17. The number of nitrogens with zero attached hydrogens (tertiary/aromatic N) is 3. The molecular weight excluding hydrogens is 431 g/mol. The van der Waals surface area contributed by atoms with Gasteiger partial charge in [0.05, 0.1) is 11.1 Å². The number of hydrogen-bond acceptors (Lipinski definition) is 4. The lowest BCUT2D eigenvalue weighted by atomic mass is 10.1. The van der Waals surface area contributed by atoms with Gasteiger partial charge in [-0.15, -0.1) is 0 Å². The molecule has 4 rings (SSSR count). The van der Waals surface area contributed by atoms with Crippen LogP contribution >= 0.6 is 0 Å². The van der Waals surface area contributed by atoms with Crippen LogP contribution in [0.25, 0.3) is 0 Å². The zero-order valence-electron chi connectivity index (χ0n) is 17.5. The molecule has 1 fully saturated rings. The number of aromatic hydroxyl groups is 1. The fourth-order valence-electron chi connectivity index (χ4n) is 3.60. The van der Waals surface area contributed by atoms with Crippen molar-refractivity contribution in [2.75, 3.05) is 31.1 Å². The summed E-state index contributed by atoms with van der Waals surface area (Å²) in [4.78, 5) is 20.6. The molecular formula is C25H20F3N3O2. The molecule has 1 aliphatic heterocycles. The van der Waals surface area contributed by atoms with Crippen molar-refractivity contribution >= 4 is 11.7 Å². The number of benzene rings is 2.